The van der Waals surface area contributed by atoms with Crippen LogP contribution in [0, 0.1) is 0 Å². The van der Waals surface area contributed by atoms with Gasteiger partial charge in [0.1, 0.15) is 17.6 Å². The number of hydrogen-bond acceptors (Lipinski definition) is 5. The molecule has 0 amide bonds. The van der Waals surface area contributed by atoms with Gasteiger partial charge < -0.3 is 18.9 Å². The predicted molar refractivity (Wildman–Crippen MR) is 90.6 cm³/mol. The van der Waals surface area contributed by atoms with E-state index in [1.54, 1.807) is 0 Å². The normalized spacial score (nSPS) is 25.7. The van der Waals surface area contributed by atoms with Crippen LogP contribution in [0.25, 0.3) is 0 Å². The molecule has 0 aromatic heterocycles. The Hall–Kier alpha value is -1.30. The monoisotopic (exact) mass is 333 g/mol. The Bertz CT molecular complexity index is 587. The van der Waals surface area contributed by atoms with Gasteiger partial charge in [0.15, 0.2) is 5.79 Å². The molecule has 0 N–H and O–H groups in total. The molecule has 4 rings (SSSR count). The van der Waals surface area contributed by atoms with Crippen LogP contribution in [0.5, 0.6) is 11.5 Å². The summed E-state index contributed by atoms with van der Waals surface area (Å²) in [5, 5.41) is 0. The minimum absolute atomic E-state index is 0.260. The van der Waals surface area contributed by atoms with E-state index in [0.717, 1.165) is 63.6 Å². The van der Waals surface area contributed by atoms with Gasteiger partial charge in [-0.25, -0.2) is 0 Å². The van der Waals surface area contributed by atoms with Gasteiger partial charge in [-0.1, -0.05) is 0 Å². The molecule has 5 heteroatoms. The molecule has 1 spiro atoms. The summed E-state index contributed by atoms with van der Waals surface area (Å²) in [6.45, 7) is 9.16. The summed E-state index contributed by atoms with van der Waals surface area (Å²) in [5.41, 5.74) is 2.48. The van der Waals surface area contributed by atoms with Gasteiger partial charge >= 0.3 is 0 Å². The molecule has 1 aromatic carbocycles. The van der Waals surface area contributed by atoms with Crippen molar-refractivity contribution in [2.75, 3.05) is 32.9 Å². The Morgan fingerprint density at radius 3 is 2.67 bits per heavy atom. The molecule has 0 unspecified atom stereocenters. The number of hydrogen-bond donors (Lipinski definition) is 0. The number of benzene rings is 1. The van der Waals surface area contributed by atoms with Crippen molar-refractivity contribution in [3.8, 4) is 11.5 Å². The molecule has 0 saturated carbocycles. The minimum Gasteiger partial charge on any atom is -0.494 e. The Kier molecular flexibility index (Phi) is 4.41. The minimum atomic E-state index is -0.310. The molecule has 5 nitrogen and oxygen atoms in total. The van der Waals surface area contributed by atoms with Crippen molar-refractivity contribution in [1.29, 1.82) is 0 Å². The van der Waals surface area contributed by atoms with Gasteiger partial charge in [-0.2, -0.15) is 0 Å². The standard InChI is InChI=1S/C19H27NO4/c1-3-21-17-11-15-10-14(2)24-18(15)12-16(17)13-20-6-4-19(5-7-20)22-8-9-23-19/h11-12,14H,3-10,13H2,1-2H3/t14-/m0/s1. The molecule has 3 heterocycles. The molecule has 3 aliphatic heterocycles. The van der Waals surface area contributed by atoms with E-state index in [-0.39, 0.29) is 11.9 Å². The van der Waals surface area contributed by atoms with Crippen LogP contribution in [0.2, 0.25) is 0 Å². The lowest BCUT2D eigenvalue weighted by atomic mass is 10.0. The third-order valence-electron chi connectivity index (χ3n) is 5.20. The van der Waals surface area contributed by atoms with Gasteiger partial charge in [-0.05, 0) is 26.0 Å². The van der Waals surface area contributed by atoms with Crippen LogP contribution in [-0.2, 0) is 22.4 Å². The molecule has 1 atom stereocenters. The van der Waals surface area contributed by atoms with E-state index in [1.165, 1.54) is 11.1 Å². The maximum absolute atomic E-state index is 5.93. The van der Waals surface area contributed by atoms with E-state index < -0.39 is 0 Å². The maximum Gasteiger partial charge on any atom is 0.170 e. The first-order valence-corrected chi connectivity index (χ1v) is 9.13. The van der Waals surface area contributed by atoms with E-state index in [4.69, 9.17) is 18.9 Å². The molecule has 0 bridgehead atoms. The zero-order chi connectivity index (χ0) is 16.6. The second kappa shape index (κ2) is 6.54. The highest BCUT2D eigenvalue weighted by Crippen LogP contribution is 2.37. The van der Waals surface area contributed by atoms with E-state index in [2.05, 4.69) is 24.0 Å². The van der Waals surface area contributed by atoms with Crippen molar-refractivity contribution in [2.24, 2.45) is 0 Å². The van der Waals surface area contributed by atoms with Crippen LogP contribution in [0.4, 0.5) is 0 Å². The van der Waals surface area contributed by atoms with Crippen molar-refractivity contribution in [3.63, 3.8) is 0 Å². The average molecular weight is 333 g/mol. The van der Waals surface area contributed by atoms with Crippen LogP contribution in [0.1, 0.15) is 37.8 Å². The highest BCUT2D eigenvalue weighted by atomic mass is 16.7. The fourth-order valence-electron chi connectivity index (χ4n) is 3.97. The molecule has 2 saturated heterocycles. The summed E-state index contributed by atoms with van der Waals surface area (Å²) in [7, 11) is 0. The molecule has 0 radical (unpaired) electrons. The SMILES string of the molecule is CCOc1cc2c(cc1CN1CCC3(CC1)OCCO3)O[C@@H](C)C2. The zero-order valence-electron chi connectivity index (χ0n) is 14.7. The number of piperidine rings is 1. The first-order chi connectivity index (χ1) is 11.7. The van der Waals surface area contributed by atoms with Crippen LogP contribution < -0.4 is 9.47 Å². The molecular formula is C19H27NO4. The first-order valence-electron chi connectivity index (χ1n) is 9.13. The molecule has 2 fully saturated rings. The van der Waals surface area contributed by atoms with E-state index >= 15 is 0 Å². The van der Waals surface area contributed by atoms with Gasteiger partial charge in [0.25, 0.3) is 0 Å². The third kappa shape index (κ3) is 3.13. The fourth-order valence-corrected chi connectivity index (χ4v) is 3.97. The quantitative estimate of drug-likeness (QED) is 0.847. The number of fused-ring (bicyclic) bond motifs is 1. The third-order valence-corrected chi connectivity index (χ3v) is 5.20. The summed E-state index contributed by atoms with van der Waals surface area (Å²) >= 11 is 0. The summed E-state index contributed by atoms with van der Waals surface area (Å²) in [6, 6.07) is 4.35. The molecule has 0 aliphatic carbocycles. The van der Waals surface area contributed by atoms with Gasteiger partial charge in [-0.3, -0.25) is 4.90 Å². The number of likely N-dealkylation sites (tertiary alicyclic amines) is 1. The van der Waals surface area contributed by atoms with Crippen molar-refractivity contribution >= 4 is 0 Å². The summed E-state index contributed by atoms with van der Waals surface area (Å²) in [6.07, 6.45) is 3.11. The van der Waals surface area contributed by atoms with Crippen LogP contribution in [-0.4, -0.2) is 49.7 Å². The smallest absolute Gasteiger partial charge is 0.170 e. The van der Waals surface area contributed by atoms with E-state index in [1.807, 2.05) is 6.92 Å². The van der Waals surface area contributed by atoms with Gasteiger partial charge in [0.05, 0.1) is 19.8 Å². The van der Waals surface area contributed by atoms with Crippen LogP contribution in [0.15, 0.2) is 12.1 Å². The Balaban J connectivity index is 1.47. The highest BCUT2D eigenvalue weighted by Gasteiger charge is 2.39. The van der Waals surface area contributed by atoms with E-state index in [9.17, 15) is 0 Å². The predicted octanol–water partition coefficient (Wildman–Crippen LogP) is 2.75. The van der Waals surface area contributed by atoms with Crippen molar-refractivity contribution in [1.82, 2.24) is 4.90 Å². The summed E-state index contributed by atoms with van der Waals surface area (Å²) in [5.74, 6) is 1.72. The molecular weight excluding hydrogens is 306 g/mol. The van der Waals surface area contributed by atoms with E-state index in [0.29, 0.717) is 6.61 Å². The summed E-state index contributed by atoms with van der Waals surface area (Å²) < 4.78 is 23.5. The second-order valence-electron chi connectivity index (χ2n) is 7.02. The lowest BCUT2D eigenvalue weighted by Gasteiger charge is -2.37. The molecule has 24 heavy (non-hydrogen) atoms. The topological polar surface area (TPSA) is 40.2 Å². The van der Waals surface area contributed by atoms with Crippen molar-refractivity contribution in [2.45, 2.75) is 51.5 Å². The lowest BCUT2D eigenvalue weighted by molar-refractivity contribution is -0.185. The highest BCUT2D eigenvalue weighted by molar-refractivity contribution is 5.48. The van der Waals surface area contributed by atoms with Crippen LogP contribution in [0.3, 0.4) is 0 Å². The average Bonchev–Trinajstić information content (AvgIpc) is 3.16. The zero-order valence-corrected chi connectivity index (χ0v) is 14.7. The van der Waals surface area contributed by atoms with Crippen molar-refractivity contribution < 1.29 is 18.9 Å². The Labute approximate surface area is 143 Å². The molecule has 1 aromatic rings. The number of ether oxygens (including phenoxy) is 4. The van der Waals surface area contributed by atoms with Crippen LogP contribution >= 0.6 is 0 Å². The largest absolute Gasteiger partial charge is 0.494 e. The molecule has 3 aliphatic rings. The Morgan fingerprint density at radius 1 is 1.21 bits per heavy atom. The number of nitrogens with zero attached hydrogens (tertiary/aromatic N) is 1. The summed E-state index contributed by atoms with van der Waals surface area (Å²) in [4.78, 5) is 2.46. The first kappa shape index (κ1) is 16.2. The van der Waals surface area contributed by atoms with Gasteiger partial charge in [0, 0.05) is 50.0 Å². The van der Waals surface area contributed by atoms with Gasteiger partial charge in [-0.15, -0.1) is 0 Å². The number of rotatable bonds is 4. The Morgan fingerprint density at radius 2 is 1.96 bits per heavy atom. The second-order valence-corrected chi connectivity index (χ2v) is 7.02. The fraction of sp³-hybridized carbons (Fsp3) is 0.684. The van der Waals surface area contributed by atoms with Gasteiger partial charge in [0.2, 0.25) is 0 Å². The lowest BCUT2D eigenvalue weighted by Crippen LogP contribution is -2.44. The maximum atomic E-state index is 5.93. The van der Waals surface area contributed by atoms with Crippen molar-refractivity contribution in [3.05, 3.63) is 23.3 Å². The molecule has 132 valence electrons.